The topological polar surface area (TPSA) is 6.48 Å². The van der Waals surface area contributed by atoms with E-state index in [1.54, 1.807) is 0 Å². The number of fused-ring (bicyclic) bond motifs is 1. The molecule has 2 saturated heterocycles. The summed E-state index contributed by atoms with van der Waals surface area (Å²) in [6, 6.07) is 9.97. The Bertz CT molecular complexity index is 530. The van der Waals surface area contributed by atoms with Crippen molar-refractivity contribution in [2.24, 2.45) is 5.92 Å². The molecule has 4 rings (SSSR count). The van der Waals surface area contributed by atoms with Crippen molar-refractivity contribution in [3.8, 4) is 0 Å². The molecule has 2 aliphatic heterocycles. The van der Waals surface area contributed by atoms with Gasteiger partial charge in [-0.2, -0.15) is 0 Å². The molecule has 2 unspecified atom stereocenters. The van der Waals surface area contributed by atoms with E-state index in [0.29, 0.717) is 0 Å². The van der Waals surface area contributed by atoms with Crippen LogP contribution >= 0.6 is 24.0 Å². The summed E-state index contributed by atoms with van der Waals surface area (Å²) in [5.41, 5.74) is 1.31. The first kappa shape index (κ1) is 18.5. The van der Waals surface area contributed by atoms with E-state index < -0.39 is 0 Å². The van der Waals surface area contributed by atoms with Gasteiger partial charge in [0, 0.05) is 36.7 Å². The third-order valence-electron chi connectivity index (χ3n) is 6.37. The zero-order valence-electron chi connectivity index (χ0n) is 14.5. The highest BCUT2D eigenvalue weighted by Crippen LogP contribution is 2.38. The number of nitrogens with zero attached hydrogens (tertiary/aromatic N) is 2. The van der Waals surface area contributed by atoms with Gasteiger partial charge in [0.15, 0.2) is 0 Å². The molecule has 2 heterocycles. The van der Waals surface area contributed by atoms with Crippen LogP contribution in [0.15, 0.2) is 24.3 Å². The number of halogens is 2. The summed E-state index contributed by atoms with van der Waals surface area (Å²) in [5, 5.41) is 0.934. The summed E-state index contributed by atoms with van der Waals surface area (Å²) >= 11 is 6.45. The van der Waals surface area contributed by atoms with Gasteiger partial charge in [-0.05, 0) is 49.8 Å². The predicted octanol–water partition coefficient (Wildman–Crippen LogP) is 4.99. The minimum atomic E-state index is 0. The lowest BCUT2D eigenvalue weighted by Crippen LogP contribution is -2.59. The maximum Gasteiger partial charge on any atom is 0.0451 e. The van der Waals surface area contributed by atoms with Gasteiger partial charge in [0.25, 0.3) is 0 Å². The Kier molecular flexibility index (Phi) is 6.48. The molecule has 4 heteroatoms. The molecule has 24 heavy (non-hydrogen) atoms. The minimum Gasteiger partial charge on any atom is -0.298 e. The molecule has 1 aromatic rings. The highest BCUT2D eigenvalue weighted by Gasteiger charge is 2.42. The summed E-state index contributed by atoms with van der Waals surface area (Å²) in [5.74, 6) is 0.900. The zero-order valence-corrected chi connectivity index (χ0v) is 16.1. The highest BCUT2D eigenvalue weighted by atomic mass is 35.5. The molecule has 1 aliphatic carbocycles. The van der Waals surface area contributed by atoms with E-state index >= 15 is 0 Å². The van der Waals surface area contributed by atoms with Crippen LogP contribution in [0.4, 0.5) is 0 Å². The lowest BCUT2D eigenvalue weighted by atomic mass is 9.78. The van der Waals surface area contributed by atoms with Crippen molar-refractivity contribution < 1.29 is 0 Å². The van der Waals surface area contributed by atoms with Gasteiger partial charge in [0.1, 0.15) is 0 Å². The molecule has 1 aromatic carbocycles. The number of hydrogen-bond acceptors (Lipinski definition) is 2. The second-order valence-electron chi connectivity index (χ2n) is 7.70. The summed E-state index contributed by atoms with van der Waals surface area (Å²) in [4.78, 5) is 5.56. The monoisotopic (exact) mass is 368 g/mol. The fourth-order valence-corrected chi connectivity index (χ4v) is 5.48. The lowest BCUT2D eigenvalue weighted by molar-refractivity contribution is -0.00378. The summed E-state index contributed by atoms with van der Waals surface area (Å²) in [7, 11) is 0. The molecule has 2 nitrogen and oxygen atoms in total. The van der Waals surface area contributed by atoms with E-state index in [1.165, 1.54) is 70.1 Å². The number of rotatable bonds is 3. The van der Waals surface area contributed by atoms with E-state index in [4.69, 9.17) is 11.6 Å². The standard InChI is InChI=1S/C20H29ClN2.ClH/c21-18-10-5-4-9-17(18)15-23-14-13-22-12-6-11-19(22)20(23)16-7-2-1-3-8-16;/h4-5,9-10,16,19-20H,1-3,6-8,11-15H2;1H. The average Bonchev–Trinajstić information content (AvgIpc) is 3.06. The van der Waals surface area contributed by atoms with Gasteiger partial charge in [-0.15, -0.1) is 12.4 Å². The first-order valence-electron chi connectivity index (χ1n) is 9.54. The average molecular weight is 369 g/mol. The van der Waals surface area contributed by atoms with Crippen molar-refractivity contribution in [1.82, 2.24) is 9.80 Å². The van der Waals surface area contributed by atoms with E-state index in [-0.39, 0.29) is 12.4 Å². The van der Waals surface area contributed by atoms with E-state index in [2.05, 4.69) is 21.9 Å². The van der Waals surface area contributed by atoms with Gasteiger partial charge in [0.2, 0.25) is 0 Å². The van der Waals surface area contributed by atoms with E-state index in [1.807, 2.05) is 12.1 Å². The molecular formula is C20H30Cl2N2. The van der Waals surface area contributed by atoms with Crippen LogP contribution in [0.25, 0.3) is 0 Å². The normalized spacial score (nSPS) is 29.2. The van der Waals surface area contributed by atoms with Crippen LogP contribution in [0.2, 0.25) is 5.02 Å². The van der Waals surface area contributed by atoms with Gasteiger partial charge >= 0.3 is 0 Å². The molecule has 1 saturated carbocycles. The van der Waals surface area contributed by atoms with E-state index in [0.717, 1.165) is 29.6 Å². The molecule has 0 bridgehead atoms. The second kappa shape index (κ2) is 8.40. The number of hydrogen-bond donors (Lipinski definition) is 0. The molecule has 0 N–H and O–H groups in total. The second-order valence-corrected chi connectivity index (χ2v) is 8.10. The van der Waals surface area contributed by atoms with Crippen LogP contribution in [-0.2, 0) is 6.54 Å². The van der Waals surface area contributed by atoms with Crippen LogP contribution in [0.3, 0.4) is 0 Å². The maximum atomic E-state index is 6.45. The zero-order chi connectivity index (χ0) is 15.6. The van der Waals surface area contributed by atoms with Crippen molar-refractivity contribution in [2.45, 2.75) is 63.6 Å². The third kappa shape index (κ3) is 3.77. The first-order chi connectivity index (χ1) is 11.3. The molecular weight excluding hydrogens is 339 g/mol. The van der Waals surface area contributed by atoms with Crippen LogP contribution in [0.1, 0.15) is 50.5 Å². The van der Waals surface area contributed by atoms with Crippen molar-refractivity contribution >= 4 is 24.0 Å². The molecule has 3 aliphatic rings. The van der Waals surface area contributed by atoms with Crippen LogP contribution < -0.4 is 0 Å². The Morgan fingerprint density at radius 1 is 0.917 bits per heavy atom. The molecule has 3 fully saturated rings. The fraction of sp³-hybridized carbons (Fsp3) is 0.700. The van der Waals surface area contributed by atoms with Gasteiger partial charge in [-0.1, -0.05) is 49.1 Å². The molecule has 0 spiro atoms. The number of benzene rings is 1. The van der Waals surface area contributed by atoms with Crippen molar-refractivity contribution in [1.29, 1.82) is 0 Å². The molecule has 2 atom stereocenters. The summed E-state index contributed by atoms with van der Waals surface area (Å²) in [6.07, 6.45) is 10.00. The quantitative estimate of drug-likeness (QED) is 0.741. The Balaban J connectivity index is 0.00000169. The van der Waals surface area contributed by atoms with Gasteiger partial charge < -0.3 is 0 Å². The highest BCUT2D eigenvalue weighted by molar-refractivity contribution is 6.31. The molecule has 134 valence electrons. The Hall–Kier alpha value is -0.280. The van der Waals surface area contributed by atoms with Gasteiger partial charge in [0.05, 0.1) is 0 Å². The van der Waals surface area contributed by atoms with Crippen molar-refractivity contribution in [2.75, 3.05) is 19.6 Å². The van der Waals surface area contributed by atoms with Crippen LogP contribution in [0, 0.1) is 5.92 Å². The Labute approximate surface area is 157 Å². The molecule has 0 radical (unpaired) electrons. The smallest absolute Gasteiger partial charge is 0.0451 e. The summed E-state index contributed by atoms with van der Waals surface area (Å²) < 4.78 is 0. The van der Waals surface area contributed by atoms with Crippen molar-refractivity contribution in [3.63, 3.8) is 0 Å². The lowest BCUT2D eigenvalue weighted by Gasteiger charge is -2.49. The van der Waals surface area contributed by atoms with Crippen LogP contribution in [0.5, 0.6) is 0 Å². The Morgan fingerprint density at radius 2 is 1.71 bits per heavy atom. The van der Waals surface area contributed by atoms with Crippen molar-refractivity contribution in [3.05, 3.63) is 34.9 Å². The fourth-order valence-electron chi connectivity index (χ4n) is 5.28. The maximum absolute atomic E-state index is 6.45. The third-order valence-corrected chi connectivity index (χ3v) is 6.74. The predicted molar refractivity (Wildman–Crippen MR) is 104 cm³/mol. The van der Waals surface area contributed by atoms with E-state index in [9.17, 15) is 0 Å². The SMILES string of the molecule is Cl.Clc1ccccc1CN1CCN2CCCC2C1C1CCCCC1. The largest absolute Gasteiger partial charge is 0.298 e. The molecule has 0 amide bonds. The molecule has 0 aromatic heterocycles. The minimum absolute atomic E-state index is 0. The number of piperazine rings is 1. The first-order valence-corrected chi connectivity index (χ1v) is 9.92. The van der Waals surface area contributed by atoms with Gasteiger partial charge in [-0.25, -0.2) is 0 Å². The van der Waals surface area contributed by atoms with Gasteiger partial charge in [-0.3, -0.25) is 9.80 Å². The summed E-state index contributed by atoms with van der Waals surface area (Å²) in [6.45, 7) is 4.82. The van der Waals surface area contributed by atoms with Crippen LogP contribution in [-0.4, -0.2) is 41.5 Å². The Morgan fingerprint density at radius 3 is 2.50 bits per heavy atom.